The Morgan fingerprint density at radius 3 is 2.59 bits per heavy atom. The second-order valence-electron chi connectivity index (χ2n) is 8.41. The highest BCUT2D eigenvalue weighted by molar-refractivity contribution is 7.98. The predicted molar refractivity (Wildman–Crippen MR) is 145 cm³/mol. The number of ether oxygens (including phenoxy) is 2. The van der Waals surface area contributed by atoms with E-state index in [9.17, 15) is 4.39 Å². The van der Waals surface area contributed by atoms with Crippen molar-refractivity contribution >= 4 is 23.1 Å². The van der Waals surface area contributed by atoms with E-state index in [0.29, 0.717) is 33.8 Å². The van der Waals surface area contributed by atoms with Crippen LogP contribution in [0.15, 0.2) is 71.9 Å². The highest BCUT2D eigenvalue weighted by Gasteiger charge is 2.28. The van der Waals surface area contributed by atoms with E-state index in [2.05, 4.69) is 45.3 Å². The van der Waals surface area contributed by atoms with Gasteiger partial charge in [0.05, 0.1) is 12.7 Å². The fourth-order valence-electron chi connectivity index (χ4n) is 4.31. The van der Waals surface area contributed by atoms with Gasteiger partial charge < -0.3 is 19.7 Å². The molecule has 0 spiro atoms. The van der Waals surface area contributed by atoms with Crippen LogP contribution in [-0.4, -0.2) is 35.4 Å². The Balaban J connectivity index is 1.50. The summed E-state index contributed by atoms with van der Waals surface area (Å²) in [4.78, 5) is 6.93. The van der Waals surface area contributed by atoms with E-state index >= 15 is 0 Å². The normalized spacial score (nSPS) is 14.0. The van der Waals surface area contributed by atoms with Crippen molar-refractivity contribution in [2.45, 2.75) is 31.0 Å². The highest BCUT2D eigenvalue weighted by Crippen LogP contribution is 2.42. The predicted octanol–water partition coefficient (Wildman–Crippen LogP) is 6.33. The molecule has 1 aromatic heterocycles. The van der Waals surface area contributed by atoms with Crippen LogP contribution in [0.1, 0.15) is 31.2 Å². The molecule has 0 aliphatic carbocycles. The first-order chi connectivity index (χ1) is 18.1. The number of nitrogens with zero attached hydrogens (tertiary/aromatic N) is 4. The summed E-state index contributed by atoms with van der Waals surface area (Å²) in [5.74, 6) is 1.18. The summed E-state index contributed by atoms with van der Waals surface area (Å²) in [5, 5.41) is 12.6. The zero-order valence-electron chi connectivity index (χ0n) is 20.9. The molecule has 37 heavy (non-hydrogen) atoms. The van der Waals surface area contributed by atoms with E-state index < -0.39 is 6.23 Å². The number of hydrogen-bond acceptors (Lipinski definition) is 8. The van der Waals surface area contributed by atoms with E-state index in [1.54, 1.807) is 19.2 Å². The van der Waals surface area contributed by atoms with Crippen LogP contribution in [0.2, 0.25) is 0 Å². The van der Waals surface area contributed by atoms with Gasteiger partial charge in [0.15, 0.2) is 5.69 Å². The maximum Gasteiger partial charge on any atom is 0.247 e. The lowest BCUT2D eigenvalue weighted by molar-refractivity contribution is 0.220. The quantitative estimate of drug-likeness (QED) is 0.272. The number of halogens is 1. The van der Waals surface area contributed by atoms with Crippen molar-refractivity contribution in [1.29, 1.82) is 0 Å². The zero-order chi connectivity index (χ0) is 25.8. The van der Waals surface area contributed by atoms with Gasteiger partial charge in [-0.25, -0.2) is 4.39 Å². The van der Waals surface area contributed by atoms with Gasteiger partial charge in [0.25, 0.3) is 0 Å². The Morgan fingerprint density at radius 1 is 1.03 bits per heavy atom. The molecule has 190 valence electrons. The third-order valence-electron chi connectivity index (χ3n) is 6.28. The average molecular weight is 518 g/mol. The van der Waals surface area contributed by atoms with E-state index in [1.165, 1.54) is 17.8 Å². The average Bonchev–Trinajstić information content (AvgIpc) is 3.09. The van der Waals surface area contributed by atoms with Crippen LogP contribution >= 0.6 is 11.8 Å². The molecule has 5 rings (SSSR count). The van der Waals surface area contributed by atoms with E-state index in [4.69, 9.17) is 9.47 Å². The number of para-hydroxylation sites is 1. The SMILES string of the molecule is CCN(CC)c1ccc([C@H]2Nc3ccccc3-c3nnc(SCc4ccccc4F)nc3O2)c(OC)c1. The Bertz CT molecular complexity index is 1400. The van der Waals surface area contributed by atoms with Crippen LogP contribution in [-0.2, 0) is 5.75 Å². The van der Waals surface area contributed by atoms with Crippen molar-refractivity contribution in [2.24, 2.45) is 0 Å². The van der Waals surface area contributed by atoms with Crippen LogP contribution < -0.4 is 19.7 Å². The topological polar surface area (TPSA) is 72.4 Å². The van der Waals surface area contributed by atoms with Crippen LogP contribution in [0.4, 0.5) is 15.8 Å². The fourth-order valence-corrected chi connectivity index (χ4v) is 5.07. The van der Waals surface area contributed by atoms with Crippen molar-refractivity contribution in [3.8, 4) is 22.9 Å². The Morgan fingerprint density at radius 2 is 1.81 bits per heavy atom. The summed E-state index contributed by atoms with van der Waals surface area (Å²) in [6, 6.07) is 20.6. The molecule has 1 aliphatic rings. The molecular formula is C28H28FN5O2S. The summed E-state index contributed by atoms with van der Waals surface area (Å²) >= 11 is 1.31. The van der Waals surface area contributed by atoms with Gasteiger partial charge in [0, 0.05) is 41.8 Å². The molecule has 0 saturated carbocycles. The lowest BCUT2D eigenvalue weighted by Crippen LogP contribution is -2.22. The molecule has 0 fully saturated rings. The van der Waals surface area contributed by atoms with E-state index in [-0.39, 0.29) is 5.82 Å². The third kappa shape index (κ3) is 5.17. The summed E-state index contributed by atoms with van der Waals surface area (Å²) in [5.41, 5.74) is 4.72. The number of methoxy groups -OCH3 is 1. The molecule has 9 heteroatoms. The van der Waals surface area contributed by atoms with Gasteiger partial charge in [0.2, 0.25) is 17.3 Å². The van der Waals surface area contributed by atoms with Crippen molar-refractivity contribution in [1.82, 2.24) is 15.2 Å². The van der Waals surface area contributed by atoms with Crippen molar-refractivity contribution in [3.63, 3.8) is 0 Å². The first-order valence-electron chi connectivity index (χ1n) is 12.2. The number of hydrogen-bond donors (Lipinski definition) is 1. The maximum absolute atomic E-state index is 14.1. The first kappa shape index (κ1) is 24.8. The smallest absolute Gasteiger partial charge is 0.247 e. The van der Waals surface area contributed by atoms with Gasteiger partial charge in [-0.3, -0.25) is 0 Å². The lowest BCUT2D eigenvalue weighted by atomic mass is 10.1. The third-order valence-corrected chi connectivity index (χ3v) is 7.16. The van der Waals surface area contributed by atoms with Gasteiger partial charge >= 0.3 is 0 Å². The molecule has 7 nitrogen and oxygen atoms in total. The zero-order valence-corrected chi connectivity index (χ0v) is 21.8. The molecule has 4 aromatic rings. The molecule has 1 aliphatic heterocycles. The maximum atomic E-state index is 14.1. The van der Waals surface area contributed by atoms with Crippen LogP contribution in [0, 0.1) is 5.82 Å². The second-order valence-corrected chi connectivity index (χ2v) is 9.36. The second kappa shape index (κ2) is 11.0. The monoisotopic (exact) mass is 517 g/mol. The van der Waals surface area contributed by atoms with Gasteiger partial charge in [-0.2, -0.15) is 4.98 Å². The first-order valence-corrected chi connectivity index (χ1v) is 13.2. The number of benzene rings is 3. The standard InChI is InChI=1S/C28H28FN5O2S/c1-4-34(5-2)19-14-15-21(24(16-19)35-3)26-30-23-13-9-7-11-20(23)25-27(36-26)31-28(33-32-25)37-17-18-10-6-8-12-22(18)29/h6-16,26,30H,4-5,17H2,1-3H3/t26-/m0/s1. The molecule has 0 unspecified atom stereocenters. The van der Waals surface area contributed by atoms with E-state index in [1.807, 2.05) is 42.5 Å². The number of rotatable bonds is 8. The highest BCUT2D eigenvalue weighted by atomic mass is 32.2. The largest absolute Gasteiger partial charge is 0.496 e. The summed E-state index contributed by atoms with van der Waals surface area (Å²) in [7, 11) is 1.66. The Kier molecular flexibility index (Phi) is 7.41. The minimum atomic E-state index is -0.579. The minimum absolute atomic E-state index is 0.257. The van der Waals surface area contributed by atoms with E-state index in [0.717, 1.165) is 35.6 Å². The number of anilines is 2. The molecule has 1 N–H and O–H groups in total. The van der Waals surface area contributed by atoms with Gasteiger partial charge in [-0.15, -0.1) is 10.2 Å². The van der Waals surface area contributed by atoms with Crippen LogP contribution in [0.5, 0.6) is 11.6 Å². The molecule has 0 amide bonds. The number of aromatic nitrogens is 3. The molecule has 3 aromatic carbocycles. The van der Waals surface area contributed by atoms with Gasteiger partial charge in [0.1, 0.15) is 11.6 Å². The summed E-state index contributed by atoms with van der Waals surface area (Å²) in [6.07, 6.45) is -0.579. The number of fused-ring (bicyclic) bond motifs is 3. The van der Waals surface area contributed by atoms with Crippen molar-refractivity contribution in [3.05, 3.63) is 83.7 Å². The lowest BCUT2D eigenvalue weighted by Gasteiger charge is -2.25. The van der Waals surface area contributed by atoms with Crippen LogP contribution in [0.3, 0.4) is 0 Å². The minimum Gasteiger partial charge on any atom is -0.496 e. The molecule has 0 bridgehead atoms. The number of nitrogens with one attached hydrogen (secondary N) is 1. The molecule has 1 atom stereocenters. The molecular weight excluding hydrogens is 489 g/mol. The van der Waals surface area contributed by atoms with Gasteiger partial charge in [-0.1, -0.05) is 48.2 Å². The van der Waals surface area contributed by atoms with Crippen molar-refractivity contribution in [2.75, 3.05) is 30.4 Å². The number of thioether (sulfide) groups is 1. The molecule has 0 saturated heterocycles. The molecule has 0 radical (unpaired) electrons. The Labute approximate surface area is 220 Å². The summed E-state index contributed by atoms with van der Waals surface area (Å²) < 4.78 is 26.3. The Hall–Kier alpha value is -3.85. The van der Waals surface area contributed by atoms with Gasteiger partial charge in [-0.05, 0) is 43.7 Å². The van der Waals surface area contributed by atoms with Crippen molar-refractivity contribution < 1.29 is 13.9 Å². The summed E-state index contributed by atoms with van der Waals surface area (Å²) in [6.45, 7) is 6.05. The fraction of sp³-hybridized carbons (Fsp3) is 0.250. The van der Waals surface area contributed by atoms with Crippen LogP contribution in [0.25, 0.3) is 11.3 Å². The molecule has 2 heterocycles.